The minimum absolute atomic E-state index is 0.000554. The summed E-state index contributed by atoms with van der Waals surface area (Å²) in [6, 6.07) is 8.94. The summed E-state index contributed by atoms with van der Waals surface area (Å²) in [5.41, 5.74) is 6.47. The number of halogens is 1. The molecule has 11 heteroatoms. The number of aromatic nitrogens is 3. The first-order chi connectivity index (χ1) is 14.3. The summed E-state index contributed by atoms with van der Waals surface area (Å²) in [6.45, 7) is 2.03. The van der Waals surface area contributed by atoms with Crippen molar-refractivity contribution in [2.75, 3.05) is 25.2 Å². The Kier molecular flexibility index (Phi) is 7.14. The summed E-state index contributed by atoms with van der Waals surface area (Å²) in [5, 5.41) is 14.7. The maximum atomic E-state index is 12.4. The van der Waals surface area contributed by atoms with Gasteiger partial charge in [-0.05, 0) is 56.7 Å². The van der Waals surface area contributed by atoms with Gasteiger partial charge >= 0.3 is 0 Å². The smallest absolute Gasteiger partial charge is 0.251 e. The molecule has 1 atom stereocenters. The second-order valence-electron chi connectivity index (χ2n) is 6.66. The lowest BCUT2D eigenvalue weighted by Gasteiger charge is -2.20. The van der Waals surface area contributed by atoms with Gasteiger partial charge in [0.25, 0.3) is 5.91 Å². The van der Waals surface area contributed by atoms with E-state index in [1.54, 1.807) is 23.6 Å². The van der Waals surface area contributed by atoms with Crippen molar-refractivity contribution in [3.8, 4) is 5.69 Å². The minimum Gasteiger partial charge on any atom is -0.366 e. The Bertz CT molecular complexity index is 1050. The number of primary amides is 1. The summed E-state index contributed by atoms with van der Waals surface area (Å²) in [7, 11) is 3.92. The molecule has 3 aromatic rings. The van der Waals surface area contributed by atoms with E-state index in [0.717, 1.165) is 11.5 Å². The molecule has 0 aliphatic rings. The fourth-order valence-electron chi connectivity index (χ4n) is 2.60. The van der Waals surface area contributed by atoms with Crippen LogP contribution in [0.15, 0.2) is 40.9 Å². The average molecular weight is 465 g/mol. The number of nitrogens with two attached hydrogens (primary N) is 1. The highest BCUT2D eigenvalue weighted by Gasteiger charge is 2.22. The minimum atomic E-state index is -0.580. The SMILES string of the molecule is C[C@H](c1nnc(SCC(=O)Nc2sccc2C(N)=O)n1-c1ccc(Cl)cc1)N(C)C. The predicted molar refractivity (Wildman–Crippen MR) is 121 cm³/mol. The molecule has 0 fully saturated rings. The lowest BCUT2D eigenvalue weighted by atomic mass is 10.2. The topological polar surface area (TPSA) is 106 Å². The third kappa shape index (κ3) is 5.01. The first-order valence-electron chi connectivity index (χ1n) is 8.95. The molecule has 3 N–H and O–H groups in total. The van der Waals surface area contributed by atoms with Crippen molar-refractivity contribution >= 4 is 51.5 Å². The zero-order valence-corrected chi connectivity index (χ0v) is 19.0. The quantitative estimate of drug-likeness (QED) is 0.494. The number of thiophene rings is 1. The largest absolute Gasteiger partial charge is 0.366 e. The molecule has 0 bridgehead atoms. The molecular formula is C19H21ClN6O2S2. The second kappa shape index (κ2) is 9.61. The Hall–Kier alpha value is -2.40. The lowest BCUT2D eigenvalue weighted by Crippen LogP contribution is -2.21. The number of hydrogen-bond acceptors (Lipinski definition) is 7. The van der Waals surface area contributed by atoms with Crippen LogP contribution in [0, 0.1) is 0 Å². The van der Waals surface area contributed by atoms with E-state index in [1.807, 2.05) is 42.6 Å². The van der Waals surface area contributed by atoms with Gasteiger partial charge in [0.15, 0.2) is 11.0 Å². The van der Waals surface area contributed by atoms with Crippen molar-refractivity contribution in [2.45, 2.75) is 18.1 Å². The van der Waals surface area contributed by atoms with Crippen LogP contribution in [-0.4, -0.2) is 51.3 Å². The number of benzene rings is 1. The molecule has 30 heavy (non-hydrogen) atoms. The Morgan fingerprint density at radius 2 is 1.97 bits per heavy atom. The van der Waals surface area contributed by atoms with Gasteiger partial charge in [0, 0.05) is 10.7 Å². The molecule has 2 heterocycles. The molecule has 8 nitrogen and oxygen atoms in total. The molecule has 0 unspecified atom stereocenters. The van der Waals surface area contributed by atoms with Crippen molar-refractivity contribution in [3.63, 3.8) is 0 Å². The van der Waals surface area contributed by atoms with Gasteiger partial charge in [-0.15, -0.1) is 21.5 Å². The van der Waals surface area contributed by atoms with E-state index < -0.39 is 5.91 Å². The van der Waals surface area contributed by atoms with Gasteiger partial charge in [-0.1, -0.05) is 23.4 Å². The van der Waals surface area contributed by atoms with E-state index in [-0.39, 0.29) is 17.7 Å². The zero-order valence-electron chi connectivity index (χ0n) is 16.6. The van der Waals surface area contributed by atoms with Crippen molar-refractivity contribution in [1.29, 1.82) is 0 Å². The summed E-state index contributed by atoms with van der Waals surface area (Å²) >= 11 is 8.53. The van der Waals surface area contributed by atoms with Crippen molar-refractivity contribution in [3.05, 3.63) is 52.1 Å². The molecule has 158 valence electrons. The molecule has 0 aliphatic carbocycles. The zero-order chi connectivity index (χ0) is 21.8. The molecule has 0 spiro atoms. The van der Waals surface area contributed by atoms with Crippen LogP contribution in [0.4, 0.5) is 5.00 Å². The summed E-state index contributed by atoms with van der Waals surface area (Å²) in [6.07, 6.45) is 0. The first-order valence-corrected chi connectivity index (χ1v) is 11.2. The molecule has 1 aromatic carbocycles. The highest BCUT2D eigenvalue weighted by Crippen LogP contribution is 2.28. The standard InChI is InChI=1S/C19H21ClN6O2S2/c1-11(25(2)3)17-23-24-19(26(17)13-6-4-12(20)5-7-13)30-10-15(27)22-18-14(16(21)28)8-9-29-18/h4-9,11H,10H2,1-3H3,(H2,21,28)(H,22,27)/t11-/m1/s1. The van der Waals surface area contributed by atoms with Crippen molar-refractivity contribution < 1.29 is 9.59 Å². The number of carbonyl (C=O) groups is 2. The number of nitrogens with zero attached hydrogens (tertiary/aromatic N) is 4. The van der Waals surface area contributed by atoms with Gasteiger partial charge in [-0.2, -0.15) is 0 Å². The van der Waals surface area contributed by atoms with Crippen LogP contribution >= 0.6 is 34.7 Å². The van der Waals surface area contributed by atoms with Crippen LogP contribution in [0.2, 0.25) is 5.02 Å². The van der Waals surface area contributed by atoms with Crippen molar-refractivity contribution in [2.24, 2.45) is 5.73 Å². The number of rotatable bonds is 8. The van der Waals surface area contributed by atoms with E-state index in [0.29, 0.717) is 20.7 Å². The fourth-order valence-corrected chi connectivity index (χ4v) is 4.30. The molecule has 0 saturated carbocycles. The molecular weight excluding hydrogens is 444 g/mol. The van der Waals surface area contributed by atoms with E-state index >= 15 is 0 Å². The predicted octanol–water partition coefficient (Wildman–Crippen LogP) is 3.43. The van der Waals surface area contributed by atoms with Gasteiger partial charge < -0.3 is 11.1 Å². The second-order valence-corrected chi connectivity index (χ2v) is 8.95. The number of nitrogens with one attached hydrogen (secondary N) is 1. The first kappa shape index (κ1) is 22.3. The van der Waals surface area contributed by atoms with E-state index in [4.69, 9.17) is 17.3 Å². The van der Waals surface area contributed by atoms with Crippen LogP contribution in [0.1, 0.15) is 29.1 Å². The lowest BCUT2D eigenvalue weighted by molar-refractivity contribution is -0.113. The van der Waals surface area contributed by atoms with Crippen molar-refractivity contribution in [1.82, 2.24) is 19.7 Å². The highest BCUT2D eigenvalue weighted by atomic mass is 35.5. The molecule has 2 amide bonds. The number of amides is 2. The van der Waals surface area contributed by atoms with Gasteiger partial charge in [-0.3, -0.25) is 19.1 Å². The van der Waals surface area contributed by atoms with Crippen LogP contribution in [0.25, 0.3) is 5.69 Å². The Morgan fingerprint density at radius 1 is 1.27 bits per heavy atom. The van der Waals surface area contributed by atoms with Gasteiger partial charge in [0.1, 0.15) is 5.00 Å². The maximum absolute atomic E-state index is 12.4. The fraction of sp³-hybridized carbons (Fsp3) is 0.263. The van der Waals surface area contributed by atoms with Crippen LogP contribution < -0.4 is 11.1 Å². The van der Waals surface area contributed by atoms with Crippen LogP contribution in [-0.2, 0) is 4.79 Å². The third-order valence-electron chi connectivity index (χ3n) is 4.41. The molecule has 0 saturated heterocycles. The molecule has 0 radical (unpaired) electrons. The summed E-state index contributed by atoms with van der Waals surface area (Å²) < 4.78 is 1.92. The Balaban J connectivity index is 1.81. The summed E-state index contributed by atoms with van der Waals surface area (Å²) in [4.78, 5) is 25.9. The number of hydrogen-bond donors (Lipinski definition) is 2. The number of carbonyl (C=O) groups excluding carboxylic acids is 2. The number of thioether (sulfide) groups is 1. The van der Waals surface area contributed by atoms with Crippen LogP contribution in [0.5, 0.6) is 0 Å². The number of anilines is 1. The normalized spacial score (nSPS) is 12.2. The maximum Gasteiger partial charge on any atom is 0.251 e. The highest BCUT2D eigenvalue weighted by molar-refractivity contribution is 7.99. The van der Waals surface area contributed by atoms with E-state index in [9.17, 15) is 9.59 Å². The van der Waals surface area contributed by atoms with E-state index in [1.165, 1.54) is 23.1 Å². The van der Waals surface area contributed by atoms with Gasteiger partial charge in [0.2, 0.25) is 5.91 Å². The van der Waals surface area contributed by atoms with Gasteiger partial charge in [-0.25, -0.2) is 0 Å². The Morgan fingerprint density at radius 3 is 2.60 bits per heavy atom. The third-order valence-corrected chi connectivity index (χ3v) is 6.42. The monoisotopic (exact) mass is 464 g/mol. The molecule has 0 aliphatic heterocycles. The van der Waals surface area contributed by atoms with Crippen LogP contribution in [0.3, 0.4) is 0 Å². The summed E-state index contributed by atoms with van der Waals surface area (Å²) in [5.74, 6) is -0.000597. The van der Waals surface area contributed by atoms with Gasteiger partial charge in [0.05, 0.1) is 17.4 Å². The molecule has 2 aromatic heterocycles. The Labute approximate surface area is 187 Å². The molecule has 3 rings (SSSR count). The van der Waals surface area contributed by atoms with E-state index in [2.05, 4.69) is 15.5 Å². The average Bonchev–Trinajstić information content (AvgIpc) is 3.33.